The van der Waals surface area contributed by atoms with Crippen molar-refractivity contribution < 1.29 is 0 Å². The van der Waals surface area contributed by atoms with Crippen LogP contribution in [0.1, 0.15) is 58.3 Å². The molecule has 0 aromatic carbocycles. The molecular weight excluding hydrogens is 232 g/mol. The van der Waals surface area contributed by atoms with Crippen molar-refractivity contribution in [2.75, 3.05) is 33.2 Å². The van der Waals surface area contributed by atoms with Gasteiger partial charge in [-0.25, -0.2) is 0 Å². The second-order valence-corrected chi connectivity index (χ2v) is 7.01. The number of nitrogens with zero attached hydrogens (tertiary/aromatic N) is 1. The lowest BCUT2D eigenvalue weighted by Gasteiger charge is -2.27. The number of hydrogen-bond acceptors (Lipinski definition) is 2. The lowest BCUT2D eigenvalue weighted by molar-refractivity contribution is 0.220. The van der Waals surface area contributed by atoms with Crippen LogP contribution in [0.5, 0.6) is 0 Å². The lowest BCUT2D eigenvalue weighted by Crippen LogP contribution is -2.34. The fraction of sp³-hybridized carbons (Fsp3) is 1.00. The molecule has 3 atom stereocenters. The van der Waals surface area contributed by atoms with Crippen LogP contribution in [0.15, 0.2) is 0 Å². The highest BCUT2D eigenvalue weighted by atomic mass is 15.1. The zero-order valence-corrected chi connectivity index (χ0v) is 13.2. The van der Waals surface area contributed by atoms with Gasteiger partial charge in [0.1, 0.15) is 0 Å². The number of rotatable bonds is 10. The van der Waals surface area contributed by atoms with Gasteiger partial charge in [-0.15, -0.1) is 0 Å². The van der Waals surface area contributed by atoms with Crippen LogP contribution in [0.3, 0.4) is 0 Å². The first kappa shape index (κ1) is 15.3. The average Bonchev–Trinajstić information content (AvgIpc) is 3.00. The third-order valence-electron chi connectivity index (χ3n) is 5.31. The topological polar surface area (TPSA) is 15.3 Å². The van der Waals surface area contributed by atoms with Crippen molar-refractivity contribution >= 4 is 0 Å². The molecule has 0 amide bonds. The van der Waals surface area contributed by atoms with Gasteiger partial charge in [0.25, 0.3) is 0 Å². The molecule has 1 N–H and O–H groups in total. The molecule has 0 aromatic rings. The molecule has 2 rings (SSSR count). The number of likely N-dealkylation sites (N-methyl/N-ethyl adjacent to an activating group) is 1. The Kier molecular flexibility index (Phi) is 6.66. The zero-order chi connectivity index (χ0) is 13.5. The summed E-state index contributed by atoms with van der Waals surface area (Å²) in [7, 11) is 2.31. The summed E-state index contributed by atoms with van der Waals surface area (Å²) in [4.78, 5) is 2.56. The van der Waals surface area contributed by atoms with Crippen LogP contribution < -0.4 is 5.32 Å². The van der Waals surface area contributed by atoms with Gasteiger partial charge >= 0.3 is 0 Å². The molecule has 0 radical (unpaired) electrons. The van der Waals surface area contributed by atoms with E-state index in [9.17, 15) is 0 Å². The SMILES string of the molecule is CCCCCCNCCN(C)CC1CC2CCC1C2. The first-order valence-corrected chi connectivity index (χ1v) is 8.68. The Bertz CT molecular complexity index is 241. The van der Waals surface area contributed by atoms with E-state index in [2.05, 4.69) is 24.2 Å². The van der Waals surface area contributed by atoms with Gasteiger partial charge in [0, 0.05) is 19.6 Å². The summed E-state index contributed by atoms with van der Waals surface area (Å²) >= 11 is 0. The predicted octanol–water partition coefficient (Wildman–Crippen LogP) is 3.52. The molecule has 112 valence electrons. The maximum Gasteiger partial charge on any atom is 0.0104 e. The van der Waals surface area contributed by atoms with Gasteiger partial charge in [0.15, 0.2) is 0 Å². The minimum Gasteiger partial charge on any atom is -0.315 e. The fourth-order valence-corrected chi connectivity index (χ4v) is 4.16. The summed E-state index contributed by atoms with van der Waals surface area (Å²) in [6.07, 6.45) is 11.6. The van der Waals surface area contributed by atoms with Crippen molar-refractivity contribution in [3.8, 4) is 0 Å². The van der Waals surface area contributed by atoms with E-state index >= 15 is 0 Å². The minimum atomic E-state index is 1.02. The van der Waals surface area contributed by atoms with Crippen molar-refractivity contribution in [1.29, 1.82) is 0 Å². The Balaban J connectivity index is 1.45. The molecule has 19 heavy (non-hydrogen) atoms. The molecule has 2 bridgehead atoms. The summed E-state index contributed by atoms with van der Waals surface area (Å²) < 4.78 is 0. The maximum absolute atomic E-state index is 3.59. The van der Waals surface area contributed by atoms with E-state index in [1.54, 1.807) is 6.42 Å². The van der Waals surface area contributed by atoms with Gasteiger partial charge in [-0.2, -0.15) is 0 Å². The molecular formula is C17H34N2. The highest BCUT2D eigenvalue weighted by Gasteiger charge is 2.39. The van der Waals surface area contributed by atoms with Crippen LogP contribution in [-0.4, -0.2) is 38.1 Å². The normalized spacial score (nSPS) is 29.5. The Labute approximate surface area is 120 Å². The molecule has 2 saturated carbocycles. The molecule has 0 aromatic heterocycles. The number of nitrogens with one attached hydrogen (secondary N) is 1. The van der Waals surface area contributed by atoms with E-state index in [4.69, 9.17) is 0 Å². The quantitative estimate of drug-likeness (QED) is 0.609. The second kappa shape index (κ2) is 8.26. The van der Waals surface area contributed by atoms with Gasteiger partial charge in [0.2, 0.25) is 0 Å². The molecule has 0 saturated heterocycles. The Morgan fingerprint density at radius 2 is 1.95 bits per heavy atom. The molecule has 2 aliphatic rings. The molecule has 2 aliphatic carbocycles. The van der Waals surface area contributed by atoms with Crippen LogP contribution in [0.25, 0.3) is 0 Å². The highest BCUT2D eigenvalue weighted by molar-refractivity contribution is 4.90. The van der Waals surface area contributed by atoms with Crippen LogP contribution >= 0.6 is 0 Å². The van der Waals surface area contributed by atoms with Gasteiger partial charge in [-0.1, -0.05) is 32.6 Å². The largest absolute Gasteiger partial charge is 0.315 e. The molecule has 0 aliphatic heterocycles. The monoisotopic (exact) mass is 266 g/mol. The molecule has 0 spiro atoms. The van der Waals surface area contributed by atoms with E-state index in [0.717, 1.165) is 17.8 Å². The smallest absolute Gasteiger partial charge is 0.0104 e. The van der Waals surface area contributed by atoms with Crippen molar-refractivity contribution in [2.24, 2.45) is 17.8 Å². The van der Waals surface area contributed by atoms with Crippen LogP contribution in [-0.2, 0) is 0 Å². The first-order valence-electron chi connectivity index (χ1n) is 8.68. The van der Waals surface area contributed by atoms with Crippen LogP contribution in [0.2, 0.25) is 0 Å². The molecule has 2 fully saturated rings. The third-order valence-corrected chi connectivity index (χ3v) is 5.31. The van der Waals surface area contributed by atoms with E-state index in [1.165, 1.54) is 71.1 Å². The fourth-order valence-electron chi connectivity index (χ4n) is 4.16. The zero-order valence-electron chi connectivity index (χ0n) is 13.2. The lowest BCUT2D eigenvalue weighted by atomic mass is 9.88. The summed E-state index contributed by atoms with van der Waals surface area (Å²) in [6.45, 7) is 7.23. The second-order valence-electron chi connectivity index (χ2n) is 7.01. The summed E-state index contributed by atoms with van der Waals surface area (Å²) in [5, 5.41) is 3.59. The van der Waals surface area contributed by atoms with E-state index in [0.29, 0.717) is 0 Å². The van der Waals surface area contributed by atoms with E-state index in [1.807, 2.05) is 0 Å². The van der Waals surface area contributed by atoms with E-state index < -0.39 is 0 Å². The summed E-state index contributed by atoms with van der Waals surface area (Å²) in [6, 6.07) is 0. The maximum atomic E-state index is 3.59. The molecule has 2 nitrogen and oxygen atoms in total. The third kappa shape index (κ3) is 5.07. The summed E-state index contributed by atoms with van der Waals surface area (Å²) in [5.74, 6) is 3.20. The minimum absolute atomic E-state index is 1.02. The van der Waals surface area contributed by atoms with Gasteiger partial charge in [-0.05, 0) is 57.0 Å². The Hall–Kier alpha value is -0.0800. The van der Waals surface area contributed by atoms with E-state index in [-0.39, 0.29) is 0 Å². The van der Waals surface area contributed by atoms with Gasteiger partial charge in [0.05, 0.1) is 0 Å². The number of unbranched alkanes of at least 4 members (excludes halogenated alkanes) is 3. The predicted molar refractivity (Wildman–Crippen MR) is 83.4 cm³/mol. The Morgan fingerprint density at radius 1 is 1.05 bits per heavy atom. The first-order chi connectivity index (χ1) is 9.29. The molecule has 0 heterocycles. The van der Waals surface area contributed by atoms with Crippen molar-refractivity contribution in [3.63, 3.8) is 0 Å². The average molecular weight is 266 g/mol. The van der Waals surface area contributed by atoms with Crippen molar-refractivity contribution in [3.05, 3.63) is 0 Å². The van der Waals surface area contributed by atoms with Gasteiger partial charge < -0.3 is 10.2 Å². The molecule has 2 heteroatoms. The molecule has 3 unspecified atom stereocenters. The van der Waals surface area contributed by atoms with Crippen LogP contribution in [0.4, 0.5) is 0 Å². The van der Waals surface area contributed by atoms with Crippen molar-refractivity contribution in [2.45, 2.75) is 58.3 Å². The van der Waals surface area contributed by atoms with Gasteiger partial charge in [-0.3, -0.25) is 0 Å². The Morgan fingerprint density at radius 3 is 2.63 bits per heavy atom. The number of fused-ring (bicyclic) bond motifs is 2. The number of hydrogen-bond donors (Lipinski definition) is 1. The van der Waals surface area contributed by atoms with Crippen LogP contribution in [0, 0.1) is 17.8 Å². The summed E-state index contributed by atoms with van der Waals surface area (Å²) in [5.41, 5.74) is 0. The highest BCUT2D eigenvalue weighted by Crippen LogP contribution is 2.48. The van der Waals surface area contributed by atoms with Crippen molar-refractivity contribution in [1.82, 2.24) is 10.2 Å². The standard InChI is InChI=1S/C17H34N2/c1-3-4-5-6-9-18-10-11-19(2)14-17-13-15-7-8-16(17)12-15/h15-18H,3-14H2,1-2H3.